The van der Waals surface area contributed by atoms with Crippen molar-refractivity contribution in [2.45, 2.75) is 25.9 Å². The van der Waals surface area contributed by atoms with Crippen molar-refractivity contribution >= 4 is 11.3 Å². The zero-order valence-electron chi connectivity index (χ0n) is 8.27. The first-order valence-electron chi connectivity index (χ1n) is 4.95. The van der Waals surface area contributed by atoms with Crippen LogP contribution in [0.5, 0.6) is 0 Å². The number of thiazole rings is 1. The van der Waals surface area contributed by atoms with E-state index in [-0.39, 0.29) is 0 Å². The molecular formula is C10H15NO2S. The molecule has 0 spiro atoms. The van der Waals surface area contributed by atoms with Crippen molar-refractivity contribution in [3.63, 3.8) is 0 Å². The molecule has 1 aliphatic rings. The molecule has 1 aliphatic heterocycles. The summed E-state index contributed by atoms with van der Waals surface area (Å²) in [6, 6.07) is 0. The van der Waals surface area contributed by atoms with Crippen molar-refractivity contribution in [2.24, 2.45) is 5.92 Å². The Hall–Kier alpha value is -0.450. The van der Waals surface area contributed by atoms with Crippen LogP contribution in [0.25, 0.3) is 0 Å². The van der Waals surface area contributed by atoms with Gasteiger partial charge >= 0.3 is 0 Å². The summed E-state index contributed by atoms with van der Waals surface area (Å²) in [6.45, 7) is 3.50. The van der Waals surface area contributed by atoms with Crippen LogP contribution in [0.3, 0.4) is 0 Å². The lowest BCUT2D eigenvalue weighted by atomic mass is 9.92. The first kappa shape index (κ1) is 10.1. The van der Waals surface area contributed by atoms with E-state index < -0.39 is 6.10 Å². The molecule has 0 aliphatic carbocycles. The van der Waals surface area contributed by atoms with E-state index in [1.807, 2.05) is 12.3 Å². The van der Waals surface area contributed by atoms with Crippen molar-refractivity contribution in [1.29, 1.82) is 0 Å². The van der Waals surface area contributed by atoms with Gasteiger partial charge in [-0.1, -0.05) is 0 Å². The minimum Gasteiger partial charge on any atom is -0.386 e. The fraction of sp³-hybridized carbons (Fsp3) is 0.700. The van der Waals surface area contributed by atoms with Crippen LogP contribution in [0.15, 0.2) is 5.38 Å². The van der Waals surface area contributed by atoms with Crippen LogP contribution in [0, 0.1) is 12.8 Å². The second-order valence-electron chi connectivity index (χ2n) is 3.69. The van der Waals surface area contributed by atoms with E-state index in [0.717, 1.165) is 36.8 Å². The molecule has 1 unspecified atom stereocenters. The summed E-state index contributed by atoms with van der Waals surface area (Å²) >= 11 is 1.59. The minimum atomic E-state index is -0.399. The Morgan fingerprint density at radius 1 is 1.57 bits per heavy atom. The molecule has 0 amide bonds. The van der Waals surface area contributed by atoms with Gasteiger partial charge in [-0.05, 0) is 25.7 Å². The average Bonchev–Trinajstić information content (AvgIpc) is 2.65. The van der Waals surface area contributed by atoms with Gasteiger partial charge in [-0.25, -0.2) is 4.98 Å². The van der Waals surface area contributed by atoms with Crippen molar-refractivity contribution in [2.75, 3.05) is 13.2 Å². The van der Waals surface area contributed by atoms with Gasteiger partial charge in [0.05, 0.1) is 16.8 Å². The van der Waals surface area contributed by atoms with Crippen molar-refractivity contribution in [3.05, 3.63) is 16.1 Å². The SMILES string of the molecule is Cc1nc(C(O)C2CCOCC2)cs1. The van der Waals surface area contributed by atoms with E-state index in [4.69, 9.17) is 4.74 Å². The quantitative estimate of drug-likeness (QED) is 0.816. The lowest BCUT2D eigenvalue weighted by molar-refractivity contribution is 0.00577. The second kappa shape index (κ2) is 4.38. The van der Waals surface area contributed by atoms with Gasteiger partial charge in [0.2, 0.25) is 0 Å². The van der Waals surface area contributed by atoms with Crippen LogP contribution in [0.1, 0.15) is 29.6 Å². The average molecular weight is 213 g/mol. The smallest absolute Gasteiger partial charge is 0.0998 e. The molecule has 1 aromatic rings. The number of hydrogen-bond acceptors (Lipinski definition) is 4. The van der Waals surface area contributed by atoms with E-state index in [1.54, 1.807) is 11.3 Å². The van der Waals surface area contributed by atoms with Crippen LogP contribution in [-0.4, -0.2) is 23.3 Å². The molecule has 4 heteroatoms. The molecule has 0 bridgehead atoms. The van der Waals surface area contributed by atoms with Crippen molar-refractivity contribution < 1.29 is 9.84 Å². The summed E-state index contributed by atoms with van der Waals surface area (Å²) in [4.78, 5) is 4.31. The number of rotatable bonds is 2. The highest BCUT2D eigenvalue weighted by Crippen LogP contribution is 2.30. The van der Waals surface area contributed by atoms with Gasteiger partial charge in [0.1, 0.15) is 0 Å². The summed E-state index contributed by atoms with van der Waals surface area (Å²) in [5.41, 5.74) is 0.833. The molecule has 1 aromatic heterocycles. The predicted molar refractivity (Wildman–Crippen MR) is 55.4 cm³/mol. The molecule has 1 N–H and O–H groups in total. The summed E-state index contributed by atoms with van der Waals surface area (Å²) in [5.74, 6) is 0.324. The van der Waals surface area contributed by atoms with E-state index >= 15 is 0 Å². The fourth-order valence-electron chi connectivity index (χ4n) is 1.79. The van der Waals surface area contributed by atoms with Gasteiger partial charge < -0.3 is 9.84 Å². The first-order chi connectivity index (χ1) is 6.77. The van der Waals surface area contributed by atoms with Gasteiger partial charge in [0.25, 0.3) is 0 Å². The predicted octanol–water partition coefficient (Wildman–Crippen LogP) is 1.91. The van der Waals surface area contributed by atoms with Gasteiger partial charge in [0.15, 0.2) is 0 Å². The van der Waals surface area contributed by atoms with Crippen molar-refractivity contribution in [1.82, 2.24) is 4.98 Å². The number of hydrogen-bond donors (Lipinski definition) is 1. The van der Waals surface area contributed by atoms with E-state index in [9.17, 15) is 5.11 Å². The Morgan fingerprint density at radius 3 is 2.86 bits per heavy atom. The van der Waals surface area contributed by atoms with Crippen LogP contribution in [-0.2, 0) is 4.74 Å². The standard InChI is InChI=1S/C10H15NO2S/c1-7-11-9(6-14-7)10(12)8-2-4-13-5-3-8/h6,8,10,12H,2-5H2,1H3. The Bertz CT molecular complexity index is 294. The number of ether oxygens (including phenoxy) is 1. The molecule has 14 heavy (non-hydrogen) atoms. The Labute approximate surface area is 87.7 Å². The lowest BCUT2D eigenvalue weighted by Crippen LogP contribution is -2.22. The Balaban J connectivity index is 2.03. The summed E-state index contributed by atoms with van der Waals surface area (Å²) < 4.78 is 5.26. The van der Waals surface area contributed by atoms with Gasteiger partial charge in [-0.3, -0.25) is 0 Å². The fourth-order valence-corrected chi connectivity index (χ4v) is 2.43. The number of aliphatic hydroxyl groups is 1. The van der Waals surface area contributed by atoms with Gasteiger partial charge in [-0.15, -0.1) is 11.3 Å². The zero-order chi connectivity index (χ0) is 9.97. The molecule has 2 rings (SSSR count). The Morgan fingerprint density at radius 2 is 2.29 bits per heavy atom. The second-order valence-corrected chi connectivity index (χ2v) is 4.75. The molecule has 0 radical (unpaired) electrons. The molecule has 0 saturated carbocycles. The minimum absolute atomic E-state index is 0.324. The molecule has 3 nitrogen and oxygen atoms in total. The van der Waals surface area contributed by atoms with Crippen LogP contribution < -0.4 is 0 Å². The number of nitrogens with zero attached hydrogens (tertiary/aromatic N) is 1. The van der Waals surface area contributed by atoms with Crippen LogP contribution in [0.4, 0.5) is 0 Å². The molecule has 1 saturated heterocycles. The zero-order valence-corrected chi connectivity index (χ0v) is 9.09. The molecule has 78 valence electrons. The summed E-state index contributed by atoms with van der Waals surface area (Å²) in [5, 5.41) is 13.0. The van der Waals surface area contributed by atoms with E-state index in [2.05, 4.69) is 4.98 Å². The maximum Gasteiger partial charge on any atom is 0.0998 e. The number of aryl methyl sites for hydroxylation is 1. The van der Waals surface area contributed by atoms with E-state index in [1.165, 1.54) is 0 Å². The monoisotopic (exact) mass is 213 g/mol. The normalized spacial score (nSPS) is 21.0. The first-order valence-corrected chi connectivity index (χ1v) is 5.83. The largest absolute Gasteiger partial charge is 0.386 e. The maximum atomic E-state index is 10.0. The third-order valence-electron chi connectivity index (χ3n) is 2.65. The highest BCUT2D eigenvalue weighted by Gasteiger charge is 2.24. The molecule has 1 fully saturated rings. The van der Waals surface area contributed by atoms with Gasteiger partial charge in [0, 0.05) is 18.6 Å². The summed E-state index contributed by atoms with van der Waals surface area (Å²) in [6.07, 6.45) is 1.49. The van der Waals surface area contributed by atoms with Crippen LogP contribution >= 0.6 is 11.3 Å². The van der Waals surface area contributed by atoms with Gasteiger partial charge in [-0.2, -0.15) is 0 Å². The van der Waals surface area contributed by atoms with Crippen molar-refractivity contribution in [3.8, 4) is 0 Å². The van der Waals surface area contributed by atoms with Crippen LogP contribution in [0.2, 0.25) is 0 Å². The Kier molecular flexibility index (Phi) is 3.15. The number of aromatic nitrogens is 1. The molecule has 2 heterocycles. The number of aliphatic hydroxyl groups excluding tert-OH is 1. The highest BCUT2D eigenvalue weighted by molar-refractivity contribution is 7.09. The highest BCUT2D eigenvalue weighted by atomic mass is 32.1. The molecular weight excluding hydrogens is 198 g/mol. The van der Waals surface area contributed by atoms with E-state index in [0.29, 0.717) is 5.92 Å². The summed E-state index contributed by atoms with van der Waals surface area (Å²) in [7, 11) is 0. The maximum absolute atomic E-state index is 10.0. The third-order valence-corrected chi connectivity index (χ3v) is 3.44. The topological polar surface area (TPSA) is 42.4 Å². The molecule has 0 aromatic carbocycles. The molecule has 1 atom stereocenters. The third kappa shape index (κ3) is 2.13. The lowest BCUT2D eigenvalue weighted by Gasteiger charge is -2.25.